The van der Waals surface area contributed by atoms with Crippen LogP contribution in [-0.2, 0) is 38.3 Å². The molecule has 4 amide bonds. The normalized spacial score (nSPS) is 19.6. The van der Waals surface area contributed by atoms with Gasteiger partial charge in [0, 0.05) is 65.4 Å². The Morgan fingerprint density at radius 3 is 1.57 bits per heavy atom. The number of amides is 4. The zero-order valence-corrected chi connectivity index (χ0v) is 31.4. The molecule has 54 heavy (non-hydrogen) atoms. The lowest BCUT2D eigenvalue weighted by molar-refractivity contribution is -0.140. The van der Waals surface area contributed by atoms with E-state index in [2.05, 4.69) is 16.0 Å². The van der Waals surface area contributed by atoms with Crippen molar-refractivity contribution in [2.24, 2.45) is 5.92 Å². The number of likely N-dealkylation sites (tertiary alicyclic amines) is 1. The summed E-state index contributed by atoms with van der Waals surface area (Å²) >= 11 is 0. The molecule has 0 aliphatic carbocycles. The smallest absolute Gasteiger partial charge is 0.475 e. The third kappa shape index (κ3) is 17.5. The molecule has 0 aromatic heterocycles. The highest BCUT2D eigenvalue weighted by Crippen LogP contribution is 2.19. The van der Waals surface area contributed by atoms with Gasteiger partial charge in [-0.2, -0.15) is 0 Å². The Morgan fingerprint density at radius 1 is 0.685 bits per heavy atom. The van der Waals surface area contributed by atoms with Crippen molar-refractivity contribution in [1.82, 2.24) is 40.4 Å². The molecule has 2 rings (SSSR count). The Bertz CT molecular complexity index is 1250. The van der Waals surface area contributed by atoms with E-state index >= 15 is 0 Å². The number of hydrogen-bond donors (Lipinski definition) is 8. The Kier molecular flexibility index (Phi) is 20.4. The van der Waals surface area contributed by atoms with Crippen LogP contribution < -0.4 is 16.0 Å². The van der Waals surface area contributed by atoms with Crippen molar-refractivity contribution >= 4 is 48.7 Å². The van der Waals surface area contributed by atoms with Gasteiger partial charge >= 0.3 is 25.0 Å². The van der Waals surface area contributed by atoms with Crippen molar-refractivity contribution in [2.75, 3.05) is 105 Å². The average Bonchev–Trinajstić information content (AvgIpc) is 3.57. The zero-order chi connectivity index (χ0) is 40.4. The largest absolute Gasteiger partial charge is 0.480 e. The lowest BCUT2D eigenvalue weighted by atomic mass is 9.78. The van der Waals surface area contributed by atoms with E-state index < -0.39 is 67.4 Å². The Morgan fingerprint density at radius 2 is 1.15 bits per heavy atom. The molecule has 2 aliphatic rings. The molecule has 2 fully saturated rings. The molecule has 0 radical (unpaired) electrons. The van der Waals surface area contributed by atoms with Gasteiger partial charge in [0.2, 0.25) is 23.6 Å². The number of carboxylic acid groups (broad SMARTS) is 3. The van der Waals surface area contributed by atoms with Gasteiger partial charge in [-0.15, -0.1) is 0 Å². The number of ether oxygens (including phenoxy) is 1. The molecule has 0 unspecified atom stereocenters. The predicted octanol–water partition coefficient (Wildman–Crippen LogP) is -4.76. The minimum atomic E-state index is -1.69. The molecule has 0 bridgehead atoms. The number of hydrogen-bond acceptors (Lipinski definition) is 14. The molecule has 3 atom stereocenters. The summed E-state index contributed by atoms with van der Waals surface area (Å²) < 4.78 is 5.40. The zero-order valence-electron chi connectivity index (χ0n) is 31.4. The lowest BCUT2D eigenvalue weighted by Crippen LogP contribution is -2.57. The van der Waals surface area contributed by atoms with Crippen LogP contribution in [0.1, 0.15) is 33.6 Å². The van der Waals surface area contributed by atoms with Gasteiger partial charge in [-0.1, -0.05) is 13.8 Å². The van der Waals surface area contributed by atoms with Gasteiger partial charge in [0.15, 0.2) is 0 Å². The van der Waals surface area contributed by atoms with Crippen LogP contribution in [0.3, 0.4) is 0 Å². The average molecular weight is 773 g/mol. The van der Waals surface area contributed by atoms with Gasteiger partial charge in [0.25, 0.3) is 0 Å². The van der Waals surface area contributed by atoms with E-state index in [1.54, 1.807) is 33.4 Å². The molecule has 2 aliphatic heterocycles. The van der Waals surface area contributed by atoms with E-state index in [1.807, 2.05) is 0 Å². The quantitative estimate of drug-likeness (QED) is 0.0452. The summed E-state index contributed by atoms with van der Waals surface area (Å²) in [6.45, 7) is 5.99. The van der Waals surface area contributed by atoms with E-state index in [-0.39, 0.29) is 104 Å². The summed E-state index contributed by atoms with van der Waals surface area (Å²) in [4.78, 5) is 93.7. The molecule has 0 spiro atoms. The number of nitrogens with zero attached hydrogens (tertiary/aromatic N) is 5. The van der Waals surface area contributed by atoms with Crippen LogP contribution in [-0.4, -0.2) is 221 Å². The van der Waals surface area contributed by atoms with Crippen LogP contribution in [0.2, 0.25) is 0 Å². The lowest BCUT2D eigenvalue weighted by Gasteiger charge is -2.32. The van der Waals surface area contributed by atoms with Crippen molar-refractivity contribution in [3.63, 3.8) is 0 Å². The fourth-order valence-corrected chi connectivity index (χ4v) is 6.21. The Labute approximate surface area is 315 Å². The number of carboxylic acids is 3. The highest BCUT2D eigenvalue weighted by Gasteiger charge is 2.39. The van der Waals surface area contributed by atoms with Gasteiger partial charge in [0.05, 0.1) is 38.7 Å². The summed E-state index contributed by atoms with van der Waals surface area (Å²) in [5, 5.41) is 55.1. The fraction of sp³-hybridized carbons (Fsp3) is 0.781. The maximum absolute atomic E-state index is 13.0. The number of rotatable bonds is 19. The van der Waals surface area contributed by atoms with Crippen LogP contribution in [0.5, 0.6) is 0 Å². The van der Waals surface area contributed by atoms with Crippen LogP contribution in [0, 0.1) is 5.92 Å². The summed E-state index contributed by atoms with van der Waals surface area (Å²) in [6, 6.07) is -1.96. The summed E-state index contributed by atoms with van der Waals surface area (Å²) in [5.41, 5.74) is 0. The summed E-state index contributed by atoms with van der Waals surface area (Å²) in [7, 11) is -1.69. The van der Waals surface area contributed by atoms with Crippen molar-refractivity contribution in [2.45, 2.75) is 51.6 Å². The first-order valence-corrected chi connectivity index (χ1v) is 18.1. The second kappa shape index (κ2) is 23.8. The summed E-state index contributed by atoms with van der Waals surface area (Å²) in [5.74, 6) is -6.30. The molecule has 2 heterocycles. The predicted molar refractivity (Wildman–Crippen MR) is 192 cm³/mol. The van der Waals surface area contributed by atoms with E-state index in [0.29, 0.717) is 19.4 Å². The Balaban J connectivity index is 1.86. The maximum atomic E-state index is 13.0. The first kappa shape index (κ1) is 46.2. The van der Waals surface area contributed by atoms with E-state index in [1.165, 1.54) is 11.8 Å². The third-order valence-corrected chi connectivity index (χ3v) is 9.10. The minimum Gasteiger partial charge on any atom is -0.480 e. The standard InChI is InChI=1S/C32H57BN8O13/c1-22(2)30(31(50)35-23(3)32(51)41-7-4-5-24(41)33(52)53)36-26(43)21-54-16-6-34-25(42)17-37-8-10-38(18-27(44)45)12-14-40(20-29(48)49)15-13-39(11-9-37)19-28(46)47/h22-24,30,52-53H,4-21H2,1-3H3,(H,34,42)(H,35,50)(H,36,43)(H,44,45)(H,46,47)(H,48,49)/t23-,24+,30+/m1/s1. The SMILES string of the molecule is CC(C)[C@H](NC(=O)COCCNC(=O)CN1CCN(CC(=O)O)CCN(CC(=O)O)CCN(CC(=O)O)CC1)C(=O)N[C@H](C)C(=O)N1CCC[C@H]1B(O)O. The molecular weight excluding hydrogens is 715 g/mol. The molecule has 21 nitrogen and oxygen atoms in total. The van der Waals surface area contributed by atoms with Crippen molar-refractivity contribution in [3.05, 3.63) is 0 Å². The van der Waals surface area contributed by atoms with E-state index in [9.17, 15) is 58.9 Å². The molecule has 0 saturated carbocycles. The molecule has 306 valence electrons. The number of aliphatic carboxylic acids is 3. The summed E-state index contributed by atoms with van der Waals surface area (Å²) in [6.07, 6.45) is 1.03. The van der Waals surface area contributed by atoms with Gasteiger partial charge in [-0.3, -0.25) is 53.2 Å². The highest BCUT2D eigenvalue weighted by molar-refractivity contribution is 6.43. The third-order valence-electron chi connectivity index (χ3n) is 9.10. The maximum Gasteiger partial charge on any atom is 0.475 e. The second-order valence-electron chi connectivity index (χ2n) is 13.9. The van der Waals surface area contributed by atoms with Crippen molar-refractivity contribution in [1.29, 1.82) is 0 Å². The monoisotopic (exact) mass is 772 g/mol. The molecule has 0 aromatic rings. The van der Waals surface area contributed by atoms with Gasteiger partial charge < -0.3 is 51.0 Å². The van der Waals surface area contributed by atoms with Crippen LogP contribution in [0.4, 0.5) is 0 Å². The topological polar surface area (TPSA) is 282 Å². The van der Waals surface area contributed by atoms with E-state index in [4.69, 9.17) is 4.74 Å². The minimum absolute atomic E-state index is 0.0391. The van der Waals surface area contributed by atoms with Gasteiger partial charge in [0.1, 0.15) is 18.7 Å². The van der Waals surface area contributed by atoms with Crippen molar-refractivity contribution in [3.8, 4) is 0 Å². The second-order valence-corrected chi connectivity index (χ2v) is 13.9. The molecule has 8 N–H and O–H groups in total. The first-order chi connectivity index (χ1) is 25.5. The number of nitrogens with one attached hydrogen (secondary N) is 3. The first-order valence-electron chi connectivity index (χ1n) is 18.1. The van der Waals surface area contributed by atoms with Gasteiger partial charge in [-0.05, 0) is 25.7 Å². The van der Waals surface area contributed by atoms with Crippen LogP contribution in [0.25, 0.3) is 0 Å². The van der Waals surface area contributed by atoms with E-state index in [0.717, 1.165) is 0 Å². The van der Waals surface area contributed by atoms with Gasteiger partial charge in [-0.25, -0.2) is 0 Å². The van der Waals surface area contributed by atoms with Crippen LogP contribution in [0.15, 0.2) is 0 Å². The fourth-order valence-electron chi connectivity index (χ4n) is 6.21. The molecule has 22 heteroatoms. The highest BCUT2D eigenvalue weighted by atomic mass is 16.5. The molecular formula is C32H57BN8O13. The number of carbonyl (C=O) groups is 7. The number of carbonyl (C=O) groups excluding carboxylic acids is 4. The molecule has 0 aromatic carbocycles. The Hall–Kier alpha value is -3.93. The molecule has 2 saturated heterocycles. The van der Waals surface area contributed by atoms with Crippen LogP contribution >= 0.6 is 0 Å². The van der Waals surface area contributed by atoms with Crippen molar-refractivity contribution < 1.29 is 63.7 Å².